The summed E-state index contributed by atoms with van der Waals surface area (Å²) in [5.41, 5.74) is 6.03. The summed E-state index contributed by atoms with van der Waals surface area (Å²) >= 11 is 0. The van der Waals surface area contributed by atoms with E-state index in [1.165, 1.54) is 7.11 Å². The van der Waals surface area contributed by atoms with Crippen LogP contribution < -0.4 is 15.8 Å². The SMILES string of the molecule is COc1cc(C(C)NCCC(N)=O)ccc1O. The van der Waals surface area contributed by atoms with Crippen LogP contribution in [-0.4, -0.2) is 24.7 Å². The van der Waals surface area contributed by atoms with Crippen LogP contribution in [-0.2, 0) is 4.79 Å². The number of hydrogen-bond donors (Lipinski definition) is 3. The van der Waals surface area contributed by atoms with Gasteiger partial charge in [0, 0.05) is 19.0 Å². The summed E-state index contributed by atoms with van der Waals surface area (Å²) in [5.74, 6) is 0.222. The second-order valence-corrected chi connectivity index (χ2v) is 3.82. The third-order valence-electron chi connectivity index (χ3n) is 2.53. The van der Waals surface area contributed by atoms with Crippen LogP contribution in [0, 0.1) is 0 Å². The smallest absolute Gasteiger partial charge is 0.218 e. The fourth-order valence-electron chi connectivity index (χ4n) is 1.49. The summed E-state index contributed by atoms with van der Waals surface area (Å²) in [5, 5.41) is 12.6. The van der Waals surface area contributed by atoms with Gasteiger partial charge in [-0.15, -0.1) is 0 Å². The molecule has 0 spiro atoms. The highest BCUT2D eigenvalue weighted by Gasteiger charge is 2.08. The van der Waals surface area contributed by atoms with Crippen LogP contribution in [0.3, 0.4) is 0 Å². The number of methoxy groups -OCH3 is 1. The molecular formula is C12H18N2O3. The summed E-state index contributed by atoms with van der Waals surface area (Å²) in [6.07, 6.45) is 0.305. The van der Waals surface area contributed by atoms with E-state index in [1.54, 1.807) is 18.2 Å². The fraction of sp³-hybridized carbons (Fsp3) is 0.417. The molecule has 0 aromatic heterocycles. The minimum Gasteiger partial charge on any atom is -0.504 e. The van der Waals surface area contributed by atoms with Gasteiger partial charge in [0.1, 0.15) is 0 Å². The molecule has 0 bridgehead atoms. The molecule has 1 rings (SSSR count). The largest absolute Gasteiger partial charge is 0.504 e. The molecule has 5 nitrogen and oxygen atoms in total. The third-order valence-corrected chi connectivity index (χ3v) is 2.53. The van der Waals surface area contributed by atoms with Gasteiger partial charge in [-0.2, -0.15) is 0 Å². The maximum Gasteiger partial charge on any atom is 0.218 e. The van der Waals surface area contributed by atoms with E-state index in [0.717, 1.165) is 5.56 Å². The summed E-state index contributed by atoms with van der Waals surface area (Å²) in [7, 11) is 1.50. The van der Waals surface area contributed by atoms with Gasteiger partial charge in [-0.1, -0.05) is 6.07 Å². The zero-order valence-corrected chi connectivity index (χ0v) is 10.1. The van der Waals surface area contributed by atoms with Crippen molar-refractivity contribution in [2.24, 2.45) is 5.73 Å². The van der Waals surface area contributed by atoms with Gasteiger partial charge in [0.15, 0.2) is 11.5 Å². The van der Waals surface area contributed by atoms with Gasteiger partial charge in [-0.3, -0.25) is 4.79 Å². The standard InChI is InChI=1S/C12H18N2O3/c1-8(14-6-5-12(13)16)9-3-4-10(15)11(7-9)17-2/h3-4,7-8,14-15H,5-6H2,1-2H3,(H2,13,16). The molecule has 1 unspecified atom stereocenters. The van der Waals surface area contributed by atoms with Gasteiger partial charge in [-0.05, 0) is 24.6 Å². The quantitative estimate of drug-likeness (QED) is 0.688. The molecule has 1 atom stereocenters. The number of rotatable bonds is 6. The van der Waals surface area contributed by atoms with Gasteiger partial charge < -0.3 is 20.9 Å². The highest BCUT2D eigenvalue weighted by atomic mass is 16.5. The zero-order chi connectivity index (χ0) is 12.8. The van der Waals surface area contributed by atoms with Gasteiger partial charge in [0.05, 0.1) is 7.11 Å². The van der Waals surface area contributed by atoms with E-state index >= 15 is 0 Å². The molecule has 1 aromatic carbocycles. The molecule has 94 valence electrons. The summed E-state index contributed by atoms with van der Waals surface area (Å²) < 4.78 is 5.03. The van der Waals surface area contributed by atoms with E-state index in [-0.39, 0.29) is 17.7 Å². The van der Waals surface area contributed by atoms with E-state index in [0.29, 0.717) is 18.7 Å². The zero-order valence-electron chi connectivity index (χ0n) is 10.1. The Balaban J connectivity index is 2.62. The van der Waals surface area contributed by atoms with Crippen molar-refractivity contribution in [3.8, 4) is 11.5 Å². The maximum absolute atomic E-state index is 10.6. The summed E-state index contributed by atoms with van der Waals surface area (Å²) in [6, 6.07) is 5.21. The number of carbonyl (C=O) groups excluding carboxylic acids is 1. The Morgan fingerprint density at radius 1 is 1.59 bits per heavy atom. The molecule has 0 aliphatic rings. The van der Waals surface area contributed by atoms with Gasteiger partial charge in [0.2, 0.25) is 5.91 Å². The average molecular weight is 238 g/mol. The molecule has 5 heteroatoms. The van der Waals surface area contributed by atoms with Crippen molar-refractivity contribution >= 4 is 5.91 Å². The Hall–Kier alpha value is -1.75. The number of aromatic hydroxyl groups is 1. The molecule has 0 radical (unpaired) electrons. The van der Waals surface area contributed by atoms with E-state index in [9.17, 15) is 9.90 Å². The molecule has 1 aromatic rings. The summed E-state index contributed by atoms with van der Waals surface area (Å²) in [6.45, 7) is 2.49. The molecule has 0 saturated heterocycles. The van der Waals surface area contributed by atoms with Crippen molar-refractivity contribution < 1.29 is 14.6 Å². The lowest BCUT2D eigenvalue weighted by molar-refractivity contribution is -0.117. The Labute approximate surface area is 101 Å². The van der Waals surface area contributed by atoms with Crippen molar-refractivity contribution in [3.05, 3.63) is 23.8 Å². The molecule has 0 aliphatic carbocycles. The summed E-state index contributed by atoms with van der Waals surface area (Å²) in [4.78, 5) is 10.6. The Kier molecular flexibility index (Phi) is 4.78. The Morgan fingerprint density at radius 3 is 2.88 bits per heavy atom. The lowest BCUT2D eigenvalue weighted by atomic mass is 10.1. The second-order valence-electron chi connectivity index (χ2n) is 3.82. The van der Waals surface area contributed by atoms with Crippen molar-refractivity contribution in [1.82, 2.24) is 5.32 Å². The molecule has 4 N–H and O–H groups in total. The van der Waals surface area contributed by atoms with E-state index in [2.05, 4.69) is 5.32 Å². The lowest BCUT2D eigenvalue weighted by Crippen LogP contribution is -2.24. The maximum atomic E-state index is 10.6. The lowest BCUT2D eigenvalue weighted by Gasteiger charge is -2.15. The van der Waals surface area contributed by atoms with Crippen LogP contribution in [0.5, 0.6) is 11.5 Å². The first-order valence-electron chi connectivity index (χ1n) is 5.43. The van der Waals surface area contributed by atoms with Crippen molar-refractivity contribution in [1.29, 1.82) is 0 Å². The number of carbonyl (C=O) groups is 1. The number of primary amides is 1. The highest BCUT2D eigenvalue weighted by molar-refractivity contribution is 5.73. The first-order chi connectivity index (χ1) is 8.04. The fourth-order valence-corrected chi connectivity index (χ4v) is 1.49. The molecule has 17 heavy (non-hydrogen) atoms. The predicted octanol–water partition coefficient (Wildman–Crippen LogP) is 0.927. The Morgan fingerprint density at radius 2 is 2.29 bits per heavy atom. The number of amides is 1. The van der Waals surface area contributed by atoms with Crippen molar-refractivity contribution in [3.63, 3.8) is 0 Å². The number of nitrogens with two attached hydrogens (primary N) is 1. The van der Waals surface area contributed by atoms with Gasteiger partial charge >= 0.3 is 0 Å². The van der Waals surface area contributed by atoms with Crippen LogP contribution >= 0.6 is 0 Å². The van der Waals surface area contributed by atoms with Crippen LogP contribution in [0.1, 0.15) is 24.9 Å². The minimum absolute atomic E-state index is 0.0591. The molecule has 0 fully saturated rings. The van der Waals surface area contributed by atoms with E-state index < -0.39 is 0 Å². The number of phenols is 1. The van der Waals surface area contributed by atoms with Crippen LogP contribution in [0.25, 0.3) is 0 Å². The molecule has 0 saturated carbocycles. The first-order valence-corrected chi connectivity index (χ1v) is 5.43. The van der Waals surface area contributed by atoms with E-state index in [4.69, 9.17) is 10.5 Å². The third kappa shape index (κ3) is 3.96. The highest BCUT2D eigenvalue weighted by Crippen LogP contribution is 2.28. The normalized spacial score (nSPS) is 12.1. The number of ether oxygens (including phenoxy) is 1. The van der Waals surface area contributed by atoms with Crippen LogP contribution in [0.2, 0.25) is 0 Å². The number of phenolic OH excluding ortho intramolecular Hbond substituents is 1. The Bertz CT molecular complexity index is 393. The van der Waals surface area contributed by atoms with Gasteiger partial charge in [0.25, 0.3) is 0 Å². The van der Waals surface area contributed by atoms with Crippen molar-refractivity contribution in [2.75, 3.05) is 13.7 Å². The molecule has 0 heterocycles. The molecule has 1 amide bonds. The molecular weight excluding hydrogens is 220 g/mol. The van der Waals surface area contributed by atoms with Gasteiger partial charge in [-0.25, -0.2) is 0 Å². The first kappa shape index (κ1) is 13.3. The van der Waals surface area contributed by atoms with E-state index in [1.807, 2.05) is 6.92 Å². The monoisotopic (exact) mass is 238 g/mol. The minimum atomic E-state index is -0.326. The van der Waals surface area contributed by atoms with Crippen LogP contribution in [0.4, 0.5) is 0 Å². The molecule has 0 aliphatic heterocycles. The number of nitrogens with one attached hydrogen (secondary N) is 1. The average Bonchev–Trinajstić information content (AvgIpc) is 2.29. The second kappa shape index (κ2) is 6.10. The van der Waals surface area contributed by atoms with Crippen molar-refractivity contribution in [2.45, 2.75) is 19.4 Å². The van der Waals surface area contributed by atoms with Crippen LogP contribution in [0.15, 0.2) is 18.2 Å². The predicted molar refractivity (Wildman–Crippen MR) is 64.9 cm³/mol. The number of hydrogen-bond acceptors (Lipinski definition) is 4. The topological polar surface area (TPSA) is 84.6 Å². The number of benzene rings is 1.